The molecule has 0 aliphatic carbocycles. The van der Waals surface area contributed by atoms with E-state index in [0.717, 1.165) is 27.4 Å². The second kappa shape index (κ2) is 5.72. The number of halogens is 1. The van der Waals surface area contributed by atoms with E-state index in [4.69, 9.17) is 11.6 Å². The fourth-order valence-corrected chi connectivity index (χ4v) is 2.07. The van der Waals surface area contributed by atoms with Gasteiger partial charge in [-0.15, -0.1) is 0 Å². The molecule has 0 spiro atoms. The molecular weight excluding hydrogens is 270 g/mol. The highest BCUT2D eigenvalue weighted by Gasteiger charge is 2.04. The van der Waals surface area contributed by atoms with Crippen LogP contribution in [0.4, 0.5) is 0 Å². The summed E-state index contributed by atoms with van der Waals surface area (Å²) in [6.45, 7) is 0. The van der Waals surface area contributed by atoms with E-state index in [9.17, 15) is 0 Å². The lowest BCUT2D eigenvalue weighted by molar-refractivity contribution is 1.08. The van der Waals surface area contributed by atoms with E-state index in [0.29, 0.717) is 0 Å². The van der Waals surface area contributed by atoms with Crippen LogP contribution in [0.1, 0.15) is 11.3 Å². The minimum absolute atomic E-state index is 0.736. The van der Waals surface area contributed by atoms with Gasteiger partial charge in [0.2, 0.25) is 0 Å². The summed E-state index contributed by atoms with van der Waals surface area (Å²) in [6.07, 6.45) is 9.42. The first kappa shape index (κ1) is 12.6. The molecule has 4 heteroatoms. The lowest BCUT2D eigenvalue weighted by Crippen LogP contribution is -1.80. The topological polar surface area (TPSA) is 41.6 Å². The molecular formula is C16H12ClN3. The summed E-state index contributed by atoms with van der Waals surface area (Å²) in [5.74, 6) is 0. The normalized spacial score (nSPS) is 11.1. The molecule has 20 heavy (non-hydrogen) atoms. The van der Waals surface area contributed by atoms with Crippen LogP contribution in [-0.2, 0) is 0 Å². The standard InChI is InChI=1S/C16H12ClN3/c17-14-4-1-12(2-5-14)3-6-16-15(11-19-20-16)13-7-9-18-10-8-13/h1-11H,(H,19,20)/b6-3+. The molecule has 0 unspecified atom stereocenters. The third-order valence-electron chi connectivity index (χ3n) is 2.96. The number of nitrogens with one attached hydrogen (secondary N) is 1. The Bertz CT molecular complexity index is 715. The molecule has 0 atom stereocenters. The van der Waals surface area contributed by atoms with Crippen LogP contribution < -0.4 is 0 Å². The van der Waals surface area contributed by atoms with Gasteiger partial charge in [0, 0.05) is 29.2 Å². The highest BCUT2D eigenvalue weighted by Crippen LogP contribution is 2.22. The van der Waals surface area contributed by atoms with Gasteiger partial charge in [-0.05, 0) is 41.5 Å². The fourth-order valence-electron chi connectivity index (χ4n) is 1.94. The third kappa shape index (κ3) is 2.78. The molecule has 0 aliphatic heterocycles. The summed E-state index contributed by atoms with van der Waals surface area (Å²) in [7, 11) is 0. The van der Waals surface area contributed by atoms with Crippen LogP contribution in [0.5, 0.6) is 0 Å². The van der Waals surface area contributed by atoms with Gasteiger partial charge in [-0.1, -0.05) is 29.8 Å². The van der Waals surface area contributed by atoms with Crippen molar-refractivity contribution in [2.45, 2.75) is 0 Å². The van der Waals surface area contributed by atoms with Crippen LogP contribution in [-0.4, -0.2) is 15.2 Å². The van der Waals surface area contributed by atoms with Gasteiger partial charge in [0.15, 0.2) is 0 Å². The fraction of sp³-hybridized carbons (Fsp3) is 0. The molecule has 2 aromatic heterocycles. The summed E-state index contributed by atoms with van der Waals surface area (Å²) >= 11 is 5.87. The maximum absolute atomic E-state index is 5.87. The first-order chi connectivity index (χ1) is 9.83. The zero-order valence-electron chi connectivity index (χ0n) is 10.6. The number of hydrogen-bond donors (Lipinski definition) is 1. The van der Waals surface area contributed by atoms with Crippen LogP contribution in [0.25, 0.3) is 23.3 Å². The van der Waals surface area contributed by atoms with Crippen LogP contribution in [0.2, 0.25) is 5.02 Å². The van der Waals surface area contributed by atoms with Gasteiger partial charge in [0.25, 0.3) is 0 Å². The second-order valence-electron chi connectivity index (χ2n) is 4.30. The van der Waals surface area contributed by atoms with Crippen molar-refractivity contribution in [3.05, 3.63) is 71.3 Å². The largest absolute Gasteiger partial charge is 0.284 e. The van der Waals surface area contributed by atoms with E-state index in [2.05, 4.69) is 15.2 Å². The molecule has 3 aromatic rings. The van der Waals surface area contributed by atoms with Crippen molar-refractivity contribution >= 4 is 23.8 Å². The van der Waals surface area contributed by atoms with E-state index in [-0.39, 0.29) is 0 Å². The maximum atomic E-state index is 5.87. The van der Waals surface area contributed by atoms with Crippen molar-refractivity contribution in [2.75, 3.05) is 0 Å². The number of hydrogen-bond acceptors (Lipinski definition) is 2. The highest BCUT2D eigenvalue weighted by atomic mass is 35.5. The molecule has 1 aromatic carbocycles. The molecule has 98 valence electrons. The van der Waals surface area contributed by atoms with Crippen LogP contribution in [0, 0.1) is 0 Å². The minimum atomic E-state index is 0.736. The summed E-state index contributed by atoms with van der Waals surface area (Å²) < 4.78 is 0. The van der Waals surface area contributed by atoms with E-state index in [1.54, 1.807) is 12.4 Å². The van der Waals surface area contributed by atoms with E-state index >= 15 is 0 Å². The summed E-state index contributed by atoms with van der Waals surface area (Å²) in [6, 6.07) is 11.6. The van der Waals surface area contributed by atoms with Gasteiger partial charge < -0.3 is 0 Å². The minimum Gasteiger partial charge on any atom is -0.284 e. The van der Waals surface area contributed by atoms with Crippen molar-refractivity contribution in [1.29, 1.82) is 0 Å². The average Bonchev–Trinajstić information content (AvgIpc) is 2.96. The van der Waals surface area contributed by atoms with E-state index < -0.39 is 0 Å². The van der Waals surface area contributed by atoms with Crippen molar-refractivity contribution in [2.24, 2.45) is 0 Å². The van der Waals surface area contributed by atoms with Crippen molar-refractivity contribution in [1.82, 2.24) is 15.2 Å². The SMILES string of the molecule is Clc1ccc(/C=C/c2n[nH]cc2-c2ccncc2)cc1. The van der Waals surface area contributed by atoms with Crippen LogP contribution in [0.15, 0.2) is 55.0 Å². The molecule has 0 amide bonds. The Kier molecular flexibility index (Phi) is 3.61. The van der Waals surface area contributed by atoms with Crippen LogP contribution >= 0.6 is 11.6 Å². The number of aromatic amines is 1. The second-order valence-corrected chi connectivity index (χ2v) is 4.74. The maximum Gasteiger partial charge on any atom is 0.0927 e. The molecule has 3 rings (SSSR count). The van der Waals surface area contributed by atoms with E-state index in [1.165, 1.54) is 0 Å². The zero-order valence-corrected chi connectivity index (χ0v) is 11.4. The lowest BCUT2D eigenvalue weighted by atomic mass is 10.1. The van der Waals surface area contributed by atoms with Crippen molar-refractivity contribution in [3.8, 4) is 11.1 Å². The molecule has 0 aliphatic rings. The van der Waals surface area contributed by atoms with E-state index in [1.807, 2.05) is 54.7 Å². The van der Waals surface area contributed by atoms with Gasteiger partial charge in [0.1, 0.15) is 0 Å². The molecule has 0 saturated carbocycles. The Hall–Kier alpha value is -2.39. The molecule has 0 bridgehead atoms. The van der Waals surface area contributed by atoms with Gasteiger partial charge in [-0.3, -0.25) is 10.1 Å². The van der Waals surface area contributed by atoms with Crippen molar-refractivity contribution < 1.29 is 0 Å². The highest BCUT2D eigenvalue weighted by molar-refractivity contribution is 6.30. The third-order valence-corrected chi connectivity index (χ3v) is 3.22. The van der Waals surface area contributed by atoms with Gasteiger partial charge in [-0.25, -0.2) is 0 Å². The summed E-state index contributed by atoms with van der Waals surface area (Å²) in [5, 5.41) is 7.90. The quantitative estimate of drug-likeness (QED) is 0.778. The number of rotatable bonds is 3. The zero-order chi connectivity index (χ0) is 13.8. The molecule has 3 nitrogen and oxygen atoms in total. The van der Waals surface area contributed by atoms with Gasteiger partial charge in [0.05, 0.1) is 5.69 Å². The summed E-state index contributed by atoms with van der Waals surface area (Å²) in [4.78, 5) is 4.03. The Morgan fingerprint density at radius 3 is 2.45 bits per heavy atom. The predicted molar refractivity (Wildman–Crippen MR) is 82.2 cm³/mol. The number of pyridine rings is 1. The number of H-pyrrole nitrogens is 1. The summed E-state index contributed by atoms with van der Waals surface area (Å²) in [5.41, 5.74) is 4.12. The molecule has 0 fully saturated rings. The molecule has 2 heterocycles. The Morgan fingerprint density at radius 2 is 1.70 bits per heavy atom. The van der Waals surface area contributed by atoms with Crippen LogP contribution in [0.3, 0.4) is 0 Å². The monoisotopic (exact) mass is 281 g/mol. The van der Waals surface area contributed by atoms with Gasteiger partial charge >= 0.3 is 0 Å². The number of benzene rings is 1. The number of aromatic nitrogens is 3. The van der Waals surface area contributed by atoms with Crippen molar-refractivity contribution in [3.63, 3.8) is 0 Å². The Balaban J connectivity index is 1.89. The van der Waals surface area contributed by atoms with Gasteiger partial charge in [-0.2, -0.15) is 5.10 Å². The predicted octanol–water partition coefficient (Wildman–Crippen LogP) is 4.30. The Morgan fingerprint density at radius 1 is 0.950 bits per heavy atom. The Labute approximate surface area is 122 Å². The lowest BCUT2D eigenvalue weighted by Gasteiger charge is -1.98. The smallest absolute Gasteiger partial charge is 0.0927 e. The molecule has 0 saturated heterocycles. The average molecular weight is 282 g/mol. The number of nitrogens with zero attached hydrogens (tertiary/aromatic N) is 2. The first-order valence-corrected chi connectivity index (χ1v) is 6.58. The molecule has 1 N–H and O–H groups in total. The first-order valence-electron chi connectivity index (χ1n) is 6.21. The molecule has 0 radical (unpaired) electrons.